The lowest BCUT2D eigenvalue weighted by atomic mass is 10.0. The zero-order chi connectivity index (χ0) is 12.1. The van der Waals surface area contributed by atoms with Crippen LogP contribution in [0.5, 0.6) is 0 Å². The highest BCUT2D eigenvalue weighted by Crippen LogP contribution is 2.07. The molecule has 0 heterocycles. The van der Waals surface area contributed by atoms with Gasteiger partial charge in [-0.2, -0.15) is 0 Å². The van der Waals surface area contributed by atoms with Crippen LogP contribution >= 0.6 is 0 Å². The van der Waals surface area contributed by atoms with E-state index >= 15 is 0 Å². The second-order valence-corrected chi connectivity index (χ2v) is 4.01. The Bertz CT molecular complexity index is 505. The van der Waals surface area contributed by atoms with Crippen LogP contribution in [0.3, 0.4) is 0 Å². The third-order valence-electron chi connectivity index (χ3n) is 2.53. The Morgan fingerprint density at radius 3 is 2.24 bits per heavy atom. The van der Waals surface area contributed by atoms with Crippen LogP contribution in [0.25, 0.3) is 0 Å². The molecule has 0 atom stereocenters. The van der Waals surface area contributed by atoms with Crippen molar-refractivity contribution in [3.8, 4) is 0 Å². The zero-order valence-corrected chi connectivity index (χ0v) is 9.40. The summed E-state index contributed by atoms with van der Waals surface area (Å²) in [5, 5.41) is 0. The average molecular weight is 228 g/mol. The first-order chi connectivity index (χ1) is 8.24. The van der Waals surface area contributed by atoms with Crippen LogP contribution in [-0.2, 0) is 17.6 Å². The van der Waals surface area contributed by atoms with Crippen LogP contribution in [0.15, 0.2) is 54.6 Å². The van der Waals surface area contributed by atoms with Crippen molar-refractivity contribution in [1.29, 1.82) is 0 Å². The topological polar surface area (TPSA) is 17.1 Å². The van der Waals surface area contributed by atoms with E-state index in [0.717, 1.165) is 11.1 Å². The van der Waals surface area contributed by atoms with E-state index in [4.69, 9.17) is 0 Å². The van der Waals surface area contributed by atoms with Crippen LogP contribution < -0.4 is 0 Å². The fraction of sp³-hybridized carbons (Fsp3) is 0.133. The van der Waals surface area contributed by atoms with Gasteiger partial charge in [0, 0.05) is 12.8 Å². The number of ketones is 1. The molecule has 1 nitrogen and oxygen atoms in total. The Labute approximate surface area is 99.9 Å². The average Bonchev–Trinajstić information content (AvgIpc) is 2.30. The minimum absolute atomic E-state index is 0.0989. The molecule has 86 valence electrons. The SMILES string of the molecule is O=C(Cc1ccccc1)Cc1cccc(F)c1. The maximum absolute atomic E-state index is 12.9. The van der Waals surface area contributed by atoms with Crippen LogP contribution in [0.4, 0.5) is 4.39 Å². The molecule has 0 saturated heterocycles. The van der Waals surface area contributed by atoms with Crippen molar-refractivity contribution >= 4 is 5.78 Å². The molecule has 0 aliphatic carbocycles. The number of halogens is 1. The minimum Gasteiger partial charge on any atom is -0.299 e. The maximum atomic E-state index is 12.9. The number of rotatable bonds is 4. The van der Waals surface area contributed by atoms with E-state index in [-0.39, 0.29) is 18.0 Å². The van der Waals surface area contributed by atoms with Gasteiger partial charge in [0.1, 0.15) is 11.6 Å². The van der Waals surface area contributed by atoms with Crippen molar-refractivity contribution in [3.05, 3.63) is 71.5 Å². The van der Waals surface area contributed by atoms with E-state index in [1.807, 2.05) is 30.3 Å². The number of Topliss-reactive ketones (excluding diaryl/α,β-unsaturated/α-hetero) is 1. The summed E-state index contributed by atoms with van der Waals surface area (Å²) in [4.78, 5) is 11.8. The Hall–Kier alpha value is -1.96. The molecule has 2 rings (SSSR count). The van der Waals surface area contributed by atoms with Crippen LogP contribution in [-0.4, -0.2) is 5.78 Å². The molecule has 0 unspecified atom stereocenters. The van der Waals surface area contributed by atoms with Crippen molar-refractivity contribution in [1.82, 2.24) is 0 Å². The van der Waals surface area contributed by atoms with Gasteiger partial charge in [-0.15, -0.1) is 0 Å². The van der Waals surface area contributed by atoms with E-state index in [2.05, 4.69) is 0 Å². The van der Waals surface area contributed by atoms with E-state index in [0.29, 0.717) is 6.42 Å². The molecule has 0 bridgehead atoms. The zero-order valence-electron chi connectivity index (χ0n) is 9.40. The summed E-state index contributed by atoms with van der Waals surface area (Å²) in [5.41, 5.74) is 1.72. The van der Waals surface area contributed by atoms with Gasteiger partial charge in [-0.05, 0) is 23.3 Å². The molecule has 0 aliphatic heterocycles. The van der Waals surface area contributed by atoms with Gasteiger partial charge < -0.3 is 0 Å². The lowest BCUT2D eigenvalue weighted by Gasteiger charge is -2.02. The smallest absolute Gasteiger partial charge is 0.141 e. The molecule has 0 aromatic heterocycles. The molecule has 0 radical (unpaired) electrons. The molecular formula is C15H13FO. The lowest BCUT2D eigenvalue weighted by molar-refractivity contribution is -0.117. The van der Waals surface area contributed by atoms with Crippen LogP contribution in [0.2, 0.25) is 0 Å². The third-order valence-corrected chi connectivity index (χ3v) is 2.53. The predicted molar refractivity (Wildman–Crippen MR) is 65.3 cm³/mol. The van der Waals surface area contributed by atoms with E-state index in [1.165, 1.54) is 12.1 Å². The van der Waals surface area contributed by atoms with Gasteiger partial charge in [-0.1, -0.05) is 42.5 Å². The molecule has 0 amide bonds. The van der Waals surface area contributed by atoms with Gasteiger partial charge >= 0.3 is 0 Å². The summed E-state index contributed by atoms with van der Waals surface area (Å²) in [6.45, 7) is 0. The first-order valence-electron chi connectivity index (χ1n) is 5.54. The van der Waals surface area contributed by atoms with E-state index in [9.17, 15) is 9.18 Å². The maximum Gasteiger partial charge on any atom is 0.141 e. The van der Waals surface area contributed by atoms with E-state index in [1.54, 1.807) is 12.1 Å². The van der Waals surface area contributed by atoms with Crippen LogP contribution in [0.1, 0.15) is 11.1 Å². The molecule has 2 heteroatoms. The minimum atomic E-state index is -0.296. The monoisotopic (exact) mass is 228 g/mol. The highest BCUT2D eigenvalue weighted by molar-refractivity contribution is 5.83. The number of benzene rings is 2. The fourth-order valence-corrected chi connectivity index (χ4v) is 1.76. The number of hydrogen-bond acceptors (Lipinski definition) is 1. The Morgan fingerprint density at radius 1 is 0.882 bits per heavy atom. The molecule has 0 spiro atoms. The van der Waals surface area contributed by atoms with Gasteiger partial charge in [-0.25, -0.2) is 4.39 Å². The number of hydrogen-bond donors (Lipinski definition) is 0. The third kappa shape index (κ3) is 3.52. The van der Waals surface area contributed by atoms with Gasteiger partial charge in [0.15, 0.2) is 0 Å². The molecule has 0 saturated carbocycles. The summed E-state index contributed by atoms with van der Waals surface area (Å²) in [7, 11) is 0. The van der Waals surface area contributed by atoms with Crippen LogP contribution in [0, 0.1) is 5.82 Å². The summed E-state index contributed by atoms with van der Waals surface area (Å²) < 4.78 is 12.9. The van der Waals surface area contributed by atoms with Crippen molar-refractivity contribution in [3.63, 3.8) is 0 Å². The van der Waals surface area contributed by atoms with Crippen molar-refractivity contribution < 1.29 is 9.18 Å². The summed E-state index contributed by atoms with van der Waals surface area (Å²) in [6.07, 6.45) is 0.685. The molecule has 0 fully saturated rings. The standard InChI is InChI=1S/C15H13FO/c16-14-8-4-7-13(9-14)11-15(17)10-12-5-2-1-3-6-12/h1-9H,10-11H2. The highest BCUT2D eigenvalue weighted by atomic mass is 19.1. The molecule has 0 aliphatic rings. The molecular weight excluding hydrogens is 215 g/mol. The van der Waals surface area contributed by atoms with Gasteiger partial charge in [0.25, 0.3) is 0 Å². The largest absolute Gasteiger partial charge is 0.299 e. The van der Waals surface area contributed by atoms with Gasteiger partial charge in [-0.3, -0.25) is 4.79 Å². The number of carbonyl (C=O) groups excluding carboxylic acids is 1. The first kappa shape index (κ1) is 11.5. The summed E-state index contributed by atoms with van der Waals surface area (Å²) in [5.74, 6) is -0.197. The number of carbonyl (C=O) groups is 1. The Kier molecular flexibility index (Phi) is 3.66. The normalized spacial score (nSPS) is 10.2. The van der Waals surface area contributed by atoms with Gasteiger partial charge in [0.05, 0.1) is 0 Å². The van der Waals surface area contributed by atoms with Gasteiger partial charge in [0.2, 0.25) is 0 Å². The lowest BCUT2D eigenvalue weighted by Crippen LogP contribution is -2.06. The highest BCUT2D eigenvalue weighted by Gasteiger charge is 2.05. The molecule has 2 aromatic rings. The fourth-order valence-electron chi connectivity index (χ4n) is 1.76. The molecule has 0 N–H and O–H groups in total. The Balaban J connectivity index is 1.98. The second kappa shape index (κ2) is 5.39. The van der Waals surface area contributed by atoms with Crippen molar-refractivity contribution in [2.45, 2.75) is 12.8 Å². The van der Waals surface area contributed by atoms with Crippen molar-refractivity contribution in [2.75, 3.05) is 0 Å². The quantitative estimate of drug-likeness (QED) is 0.785. The molecule has 17 heavy (non-hydrogen) atoms. The predicted octanol–water partition coefficient (Wildman–Crippen LogP) is 3.18. The Morgan fingerprint density at radius 2 is 1.53 bits per heavy atom. The van der Waals surface area contributed by atoms with Crippen molar-refractivity contribution in [2.24, 2.45) is 0 Å². The summed E-state index contributed by atoms with van der Waals surface area (Å²) >= 11 is 0. The second-order valence-electron chi connectivity index (χ2n) is 4.01. The summed E-state index contributed by atoms with van der Waals surface area (Å²) in [6, 6.07) is 15.8. The van der Waals surface area contributed by atoms with E-state index < -0.39 is 0 Å². The molecule has 2 aromatic carbocycles. The first-order valence-corrected chi connectivity index (χ1v) is 5.54.